The van der Waals surface area contributed by atoms with E-state index in [1.807, 2.05) is 48.7 Å². The molecule has 48 heavy (non-hydrogen) atoms. The van der Waals surface area contributed by atoms with Crippen LogP contribution in [0.1, 0.15) is 47.3 Å². The van der Waals surface area contributed by atoms with E-state index in [-0.39, 0.29) is 37.0 Å². The summed E-state index contributed by atoms with van der Waals surface area (Å²) in [6, 6.07) is 18.1. The molecule has 3 aromatic heterocycles. The van der Waals surface area contributed by atoms with Crippen molar-refractivity contribution >= 4 is 45.1 Å². The zero-order valence-corrected chi connectivity index (χ0v) is 26.9. The van der Waals surface area contributed by atoms with Crippen LogP contribution in [0.4, 0.5) is 0 Å². The molecule has 0 aliphatic carbocycles. The molecule has 2 aromatic carbocycles. The summed E-state index contributed by atoms with van der Waals surface area (Å²) in [5.74, 6) is 0.477. The van der Waals surface area contributed by atoms with Crippen molar-refractivity contribution < 1.29 is 28.7 Å². The number of carbonyl (C=O) groups excluding carboxylic acids is 4. The quantitative estimate of drug-likeness (QED) is 0.150. The van der Waals surface area contributed by atoms with Gasteiger partial charge in [0.25, 0.3) is 5.91 Å². The second-order valence-electron chi connectivity index (χ2n) is 11.7. The predicted octanol–water partition coefficient (Wildman–Crippen LogP) is 5.16. The van der Waals surface area contributed by atoms with Gasteiger partial charge in [-0.15, -0.1) is 11.3 Å². The van der Waals surface area contributed by atoms with Crippen molar-refractivity contribution in [1.82, 2.24) is 25.2 Å². The Morgan fingerprint density at radius 1 is 0.979 bits per heavy atom. The number of rotatable bonds is 11. The Bertz CT molecular complexity index is 2040. The molecule has 1 unspecified atom stereocenters. The SMILES string of the molecule is COc1ccc2nc(-c3ccc(-c4ccc(CC(=O)CCCOc5ccc6c(c5)CN(C5CCC(=O)NC5=O)C6=O)nc4)nc3)sc2c1. The highest BCUT2D eigenvalue weighted by Crippen LogP contribution is 2.33. The maximum absolute atomic E-state index is 12.9. The van der Waals surface area contributed by atoms with Gasteiger partial charge in [0.1, 0.15) is 28.3 Å². The minimum absolute atomic E-state index is 0.0641. The number of methoxy groups -OCH3 is 1. The van der Waals surface area contributed by atoms with Gasteiger partial charge in [0.2, 0.25) is 11.8 Å². The summed E-state index contributed by atoms with van der Waals surface area (Å²) in [7, 11) is 1.65. The predicted molar refractivity (Wildman–Crippen MR) is 179 cm³/mol. The summed E-state index contributed by atoms with van der Waals surface area (Å²) in [6.07, 6.45) is 5.18. The van der Waals surface area contributed by atoms with E-state index in [1.54, 1.807) is 42.8 Å². The van der Waals surface area contributed by atoms with Crippen LogP contribution < -0.4 is 14.8 Å². The summed E-state index contributed by atoms with van der Waals surface area (Å²) in [4.78, 5) is 64.6. The number of hydrogen-bond donors (Lipinski definition) is 1. The van der Waals surface area contributed by atoms with E-state index in [0.717, 1.165) is 43.4 Å². The number of carbonyl (C=O) groups is 4. The highest BCUT2D eigenvalue weighted by Gasteiger charge is 2.39. The smallest absolute Gasteiger partial charge is 0.255 e. The fourth-order valence-corrected chi connectivity index (χ4v) is 6.90. The summed E-state index contributed by atoms with van der Waals surface area (Å²) in [6.45, 7) is 0.623. The normalized spacial score (nSPS) is 15.8. The molecule has 5 heterocycles. The van der Waals surface area contributed by atoms with Crippen LogP contribution in [0.3, 0.4) is 0 Å². The van der Waals surface area contributed by atoms with Gasteiger partial charge in [-0.2, -0.15) is 0 Å². The number of aromatic nitrogens is 3. The molecule has 0 saturated carbocycles. The van der Waals surface area contributed by atoms with Gasteiger partial charge in [0.05, 0.1) is 29.6 Å². The first-order valence-corrected chi connectivity index (χ1v) is 16.4. The molecule has 1 N–H and O–H groups in total. The zero-order chi connectivity index (χ0) is 33.2. The fourth-order valence-electron chi connectivity index (χ4n) is 5.92. The Morgan fingerprint density at radius 2 is 1.81 bits per heavy atom. The Balaban J connectivity index is 0.876. The van der Waals surface area contributed by atoms with Crippen molar-refractivity contribution in [2.75, 3.05) is 13.7 Å². The van der Waals surface area contributed by atoms with Crippen LogP contribution in [0, 0.1) is 0 Å². The molecule has 1 fully saturated rings. The van der Waals surface area contributed by atoms with Gasteiger partial charge in [-0.25, -0.2) is 4.98 Å². The van der Waals surface area contributed by atoms with Crippen LogP contribution in [0.2, 0.25) is 0 Å². The summed E-state index contributed by atoms with van der Waals surface area (Å²) in [5, 5.41) is 3.20. The number of thiazole rings is 1. The van der Waals surface area contributed by atoms with Gasteiger partial charge in [0, 0.05) is 60.6 Å². The first kappa shape index (κ1) is 31.1. The van der Waals surface area contributed by atoms with E-state index in [0.29, 0.717) is 42.9 Å². The minimum atomic E-state index is -0.658. The maximum atomic E-state index is 12.9. The number of pyridine rings is 2. The molecule has 0 bridgehead atoms. The Hall–Kier alpha value is -5.49. The largest absolute Gasteiger partial charge is 0.497 e. The summed E-state index contributed by atoms with van der Waals surface area (Å²) in [5.41, 5.74) is 5.48. The van der Waals surface area contributed by atoms with Crippen LogP contribution in [0.5, 0.6) is 11.5 Å². The molecule has 0 spiro atoms. The number of fused-ring (bicyclic) bond motifs is 2. The van der Waals surface area contributed by atoms with Crippen LogP contribution in [0.15, 0.2) is 73.1 Å². The molecule has 2 aliphatic rings. The molecule has 11 nitrogen and oxygen atoms in total. The summed E-state index contributed by atoms with van der Waals surface area (Å²) < 4.78 is 12.2. The van der Waals surface area contributed by atoms with Crippen LogP contribution >= 0.6 is 11.3 Å². The maximum Gasteiger partial charge on any atom is 0.255 e. The molecule has 1 saturated heterocycles. The molecule has 1 atom stereocenters. The fraction of sp³-hybridized carbons (Fsp3) is 0.250. The van der Waals surface area contributed by atoms with E-state index in [2.05, 4.69) is 15.3 Å². The average Bonchev–Trinajstić information content (AvgIpc) is 3.67. The van der Waals surface area contributed by atoms with Crippen molar-refractivity contribution in [2.45, 2.75) is 44.7 Å². The third-order valence-electron chi connectivity index (χ3n) is 8.47. The molecule has 0 radical (unpaired) electrons. The number of Topliss-reactive ketones (excluding diaryl/α,β-unsaturated/α-hetero) is 1. The van der Waals surface area contributed by atoms with Crippen molar-refractivity contribution in [3.05, 3.63) is 89.9 Å². The Kier molecular flexibility index (Phi) is 8.64. The highest BCUT2D eigenvalue weighted by atomic mass is 32.1. The Labute approximate surface area is 279 Å². The molecule has 242 valence electrons. The second-order valence-corrected chi connectivity index (χ2v) is 12.7. The molecule has 2 aliphatic heterocycles. The zero-order valence-electron chi connectivity index (χ0n) is 26.1. The highest BCUT2D eigenvalue weighted by molar-refractivity contribution is 7.21. The van der Waals surface area contributed by atoms with Crippen LogP contribution in [0.25, 0.3) is 32.0 Å². The number of hydrogen-bond acceptors (Lipinski definition) is 10. The third-order valence-corrected chi connectivity index (χ3v) is 9.54. The number of imide groups is 1. The lowest BCUT2D eigenvalue weighted by molar-refractivity contribution is -0.137. The third kappa shape index (κ3) is 6.52. The number of ketones is 1. The lowest BCUT2D eigenvalue weighted by Crippen LogP contribution is -2.52. The van der Waals surface area contributed by atoms with Gasteiger partial charge < -0.3 is 14.4 Å². The van der Waals surface area contributed by atoms with Gasteiger partial charge >= 0.3 is 0 Å². The number of nitrogens with zero attached hydrogens (tertiary/aromatic N) is 4. The molecule has 3 amide bonds. The van der Waals surface area contributed by atoms with Crippen molar-refractivity contribution in [1.29, 1.82) is 0 Å². The van der Waals surface area contributed by atoms with E-state index in [9.17, 15) is 19.2 Å². The molecular weight excluding hydrogens is 630 g/mol. The minimum Gasteiger partial charge on any atom is -0.497 e. The number of amides is 3. The van der Waals surface area contributed by atoms with E-state index < -0.39 is 11.9 Å². The standard InChI is InChI=1S/C36H31N5O6S/c1-46-26-8-11-30-32(17-26)48-35(39-30)22-5-10-29(38-19-22)21-4-6-24(37-18-21)16-25(42)3-2-14-47-27-7-9-28-23(15-27)20-41(36(28)45)31-12-13-33(43)40-34(31)44/h4-11,15,17-19,31H,2-3,12-14,16,20H2,1H3,(H,40,43,44). The van der Waals surface area contributed by atoms with Crippen LogP contribution in [-0.4, -0.2) is 63.1 Å². The van der Waals surface area contributed by atoms with Gasteiger partial charge in [-0.3, -0.25) is 34.5 Å². The monoisotopic (exact) mass is 661 g/mol. The first-order chi connectivity index (χ1) is 23.3. The van der Waals surface area contributed by atoms with E-state index in [1.165, 1.54) is 4.90 Å². The van der Waals surface area contributed by atoms with Crippen molar-refractivity contribution in [3.8, 4) is 33.3 Å². The number of ether oxygens (including phenoxy) is 2. The van der Waals surface area contributed by atoms with Gasteiger partial charge in [0.15, 0.2) is 0 Å². The van der Waals surface area contributed by atoms with E-state index >= 15 is 0 Å². The van der Waals surface area contributed by atoms with Crippen molar-refractivity contribution in [2.24, 2.45) is 0 Å². The van der Waals surface area contributed by atoms with Gasteiger partial charge in [-0.1, -0.05) is 0 Å². The van der Waals surface area contributed by atoms with Crippen LogP contribution in [-0.2, 0) is 27.3 Å². The summed E-state index contributed by atoms with van der Waals surface area (Å²) >= 11 is 1.59. The first-order valence-electron chi connectivity index (χ1n) is 15.6. The van der Waals surface area contributed by atoms with Crippen molar-refractivity contribution in [3.63, 3.8) is 0 Å². The Morgan fingerprint density at radius 3 is 2.58 bits per heavy atom. The topological polar surface area (TPSA) is 141 Å². The lowest BCUT2D eigenvalue weighted by Gasteiger charge is -2.29. The molecular formula is C36H31N5O6S. The molecule has 12 heteroatoms. The number of benzene rings is 2. The van der Waals surface area contributed by atoms with Gasteiger partial charge in [-0.05, 0) is 79.1 Å². The van der Waals surface area contributed by atoms with E-state index in [4.69, 9.17) is 14.5 Å². The molecule has 7 rings (SSSR count). The lowest BCUT2D eigenvalue weighted by atomic mass is 10.0. The average molecular weight is 662 g/mol. The molecule has 5 aromatic rings. The number of nitrogens with one attached hydrogen (secondary N) is 1. The second kappa shape index (κ2) is 13.3. The number of piperidine rings is 1.